The van der Waals surface area contributed by atoms with E-state index in [-0.39, 0.29) is 18.5 Å². The minimum Gasteiger partial charge on any atom is -0.466 e. The Labute approximate surface area is 167 Å². The summed E-state index contributed by atoms with van der Waals surface area (Å²) < 4.78 is 10.1. The summed E-state index contributed by atoms with van der Waals surface area (Å²) in [5, 5.41) is 0. The van der Waals surface area contributed by atoms with Crippen LogP contribution in [0.15, 0.2) is 54.6 Å². The molecular formula is C23H29NO4. The molecule has 0 amide bonds. The van der Waals surface area contributed by atoms with Gasteiger partial charge >= 0.3 is 11.9 Å². The van der Waals surface area contributed by atoms with Gasteiger partial charge < -0.3 is 14.4 Å². The van der Waals surface area contributed by atoms with Crippen LogP contribution in [0.25, 0.3) is 0 Å². The molecular weight excluding hydrogens is 354 g/mol. The molecule has 0 atom stereocenters. The maximum Gasteiger partial charge on any atom is 0.325 e. The van der Waals surface area contributed by atoms with Crippen molar-refractivity contribution in [2.24, 2.45) is 0 Å². The third-order valence-electron chi connectivity index (χ3n) is 4.27. The topological polar surface area (TPSA) is 55.8 Å². The molecule has 0 aliphatic heterocycles. The molecule has 0 saturated carbocycles. The van der Waals surface area contributed by atoms with Gasteiger partial charge in [-0.25, -0.2) is 0 Å². The van der Waals surface area contributed by atoms with E-state index in [0.717, 1.165) is 29.7 Å². The molecule has 0 unspecified atom stereocenters. The fraction of sp³-hybridized carbons (Fsp3) is 0.391. The second kappa shape index (κ2) is 11.8. The van der Waals surface area contributed by atoms with Gasteiger partial charge in [-0.15, -0.1) is 0 Å². The molecule has 150 valence electrons. The summed E-state index contributed by atoms with van der Waals surface area (Å²) in [7, 11) is 0. The second-order valence-electron chi connectivity index (χ2n) is 6.48. The van der Waals surface area contributed by atoms with Crippen LogP contribution in [0.5, 0.6) is 0 Å². The van der Waals surface area contributed by atoms with Crippen LogP contribution in [0.1, 0.15) is 37.8 Å². The van der Waals surface area contributed by atoms with E-state index in [0.29, 0.717) is 26.2 Å². The van der Waals surface area contributed by atoms with Crippen LogP contribution in [0.4, 0.5) is 5.69 Å². The maximum atomic E-state index is 12.1. The van der Waals surface area contributed by atoms with Gasteiger partial charge in [-0.3, -0.25) is 9.59 Å². The molecule has 28 heavy (non-hydrogen) atoms. The van der Waals surface area contributed by atoms with Crippen LogP contribution in [-0.2, 0) is 32.0 Å². The molecule has 0 radical (unpaired) electrons. The third-order valence-corrected chi connectivity index (χ3v) is 4.27. The molecule has 0 bridgehead atoms. The number of anilines is 1. The number of benzene rings is 2. The number of rotatable bonds is 11. The van der Waals surface area contributed by atoms with E-state index in [9.17, 15) is 9.59 Å². The number of hydrogen-bond acceptors (Lipinski definition) is 5. The molecule has 0 heterocycles. The summed E-state index contributed by atoms with van der Waals surface area (Å²) in [5.74, 6) is -0.405. The standard InChI is InChI=1S/C23H29NO4/c1-3-27-22(25)15-9-13-19-12-8-14-21(16-19)24(18-23(26)28-4-2)17-20-10-6-5-7-11-20/h5-8,10-12,14,16H,3-4,9,13,15,17-18H2,1-2H3. The lowest BCUT2D eigenvalue weighted by Gasteiger charge is -2.24. The predicted octanol–water partition coefficient (Wildman–Crippen LogP) is 4.14. The summed E-state index contributed by atoms with van der Waals surface area (Å²) in [5.41, 5.74) is 3.22. The zero-order chi connectivity index (χ0) is 20.2. The average Bonchev–Trinajstić information content (AvgIpc) is 2.69. The Morgan fingerprint density at radius 2 is 1.54 bits per heavy atom. The number of ether oxygens (including phenoxy) is 2. The van der Waals surface area contributed by atoms with Crippen molar-refractivity contribution in [1.82, 2.24) is 0 Å². The average molecular weight is 383 g/mol. The molecule has 0 aromatic heterocycles. The van der Waals surface area contributed by atoms with Crippen molar-refractivity contribution < 1.29 is 19.1 Å². The van der Waals surface area contributed by atoms with Crippen LogP contribution in [-0.4, -0.2) is 31.7 Å². The van der Waals surface area contributed by atoms with Crippen molar-refractivity contribution >= 4 is 17.6 Å². The molecule has 5 nitrogen and oxygen atoms in total. The Morgan fingerprint density at radius 3 is 2.25 bits per heavy atom. The maximum absolute atomic E-state index is 12.1. The predicted molar refractivity (Wildman–Crippen MR) is 110 cm³/mol. The van der Waals surface area contributed by atoms with E-state index in [4.69, 9.17) is 9.47 Å². The van der Waals surface area contributed by atoms with Crippen LogP contribution in [0, 0.1) is 0 Å². The van der Waals surface area contributed by atoms with Crippen LogP contribution in [0.2, 0.25) is 0 Å². The summed E-state index contributed by atoms with van der Waals surface area (Å²) in [6.07, 6.45) is 1.93. The molecule has 0 fully saturated rings. The first-order valence-electron chi connectivity index (χ1n) is 9.81. The highest BCUT2D eigenvalue weighted by Gasteiger charge is 2.14. The lowest BCUT2D eigenvalue weighted by atomic mass is 10.1. The smallest absolute Gasteiger partial charge is 0.325 e. The summed E-state index contributed by atoms with van der Waals surface area (Å²) in [6.45, 7) is 5.21. The fourth-order valence-electron chi connectivity index (χ4n) is 2.98. The number of esters is 2. The first-order valence-corrected chi connectivity index (χ1v) is 9.81. The zero-order valence-corrected chi connectivity index (χ0v) is 16.7. The van der Waals surface area contributed by atoms with Gasteiger partial charge in [0.25, 0.3) is 0 Å². The van der Waals surface area contributed by atoms with E-state index in [1.165, 1.54) is 0 Å². The Kier molecular flexibility index (Phi) is 9.05. The van der Waals surface area contributed by atoms with E-state index < -0.39 is 0 Å². The summed E-state index contributed by atoms with van der Waals surface area (Å²) >= 11 is 0. The van der Waals surface area contributed by atoms with Crippen molar-refractivity contribution in [1.29, 1.82) is 0 Å². The van der Waals surface area contributed by atoms with Crippen molar-refractivity contribution in [3.8, 4) is 0 Å². The van der Waals surface area contributed by atoms with E-state index in [2.05, 4.69) is 6.07 Å². The highest BCUT2D eigenvalue weighted by molar-refractivity contribution is 5.76. The summed E-state index contributed by atoms with van der Waals surface area (Å²) in [6, 6.07) is 18.1. The van der Waals surface area contributed by atoms with Crippen LogP contribution < -0.4 is 4.90 Å². The van der Waals surface area contributed by atoms with Gasteiger partial charge in [-0.1, -0.05) is 42.5 Å². The molecule has 2 aromatic carbocycles. The van der Waals surface area contributed by atoms with Gasteiger partial charge in [0.2, 0.25) is 0 Å². The fourth-order valence-corrected chi connectivity index (χ4v) is 2.98. The van der Waals surface area contributed by atoms with Crippen molar-refractivity contribution in [2.45, 2.75) is 39.7 Å². The van der Waals surface area contributed by atoms with Crippen LogP contribution >= 0.6 is 0 Å². The third kappa shape index (κ3) is 7.43. The van der Waals surface area contributed by atoms with E-state index in [1.807, 2.05) is 67.3 Å². The lowest BCUT2D eigenvalue weighted by Crippen LogP contribution is -2.30. The van der Waals surface area contributed by atoms with Gasteiger partial charge in [-0.05, 0) is 49.9 Å². The monoisotopic (exact) mass is 383 g/mol. The second-order valence-corrected chi connectivity index (χ2v) is 6.48. The van der Waals surface area contributed by atoms with E-state index in [1.54, 1.807) is 0 Å². The number of nitrogens with zero attached hydrogens (tertiary/aromatic N) is 1. The minimum atomic E-state index is -0.244. The van der Waals surface area contributed by atoms with Gasteiger partial charge in [0, 0.05) is 18.7 Å². The normalized spacial score (nSPS) is 10.4. The quantitative estimate of drug-likeness (QED) is 0.546. The Morgan fingerprint density at radius 1 is 0.857 bits per heavy atom. The number of hydrogen-bond donors (Lipinski definition) is 0. The number of carbonyl (C=O) groups is 2. The van der Waals surface area contributed by atoms with Gasteiger partial charge in [0.15, 0.2) is 0 Å². The highest BCUT2D eigenvalue weighted by Crippen LogP contribution is 2.20. The van der Waals surface area contributed by atoms with Gasteiger partial charge in [0.1, 0.15) is 6.54 Å². The molecule has 5 heteroatoms. The van der Waals surface area contributed by atoms with Crippen molar-refractivity contribution in [2.75, 3.05) is 24.7 Å². The highest BCUT2D eigenvalue weighted by atomic mass is 16.5. The molecule has 0 saturated heterocycles. The lowest BCUT2D eigenvalue weighted by molar-refractivity contribution is -0.143. The Hall–Kier alpha value is -2.82. The SMILES string of the molecule is CCOC(=O)CCCc1cccc(N(CC(=O)OCC)Cc2ccccc2)c1. The van der Waals surface area contributed by atoms with Crippen LogP contribution in [0.3, 0.4) is 0 Å². The first kappa shape index (κ1) is 21.5. The van der Waals surface area contributed by atoms with Crippen molar-refractivity contribution in [3.05, 3.63) is 65.7 Å². The Bertz CT molecular complexity index is 745. The molecule has 0 N–H and O–H groups in total. The number of carbonyl (C=O) groups excluding carboxylic acids is 2. The molecule has 2 rings (SSSR count). The first-order chi connectivity index (χ1) is 13.6. The molecule has 0 aliphatic rings. The minimum absolute atomic E-state index is 0.160. The largest absolute Gasteiger partial charge is 0.466 e. The molecule has 0 spiro atoms. The molecule has 2 aromatic rings. The summed E-state index contributed by atoms with van der Waals surface area (Å²) in [4.78, 5) is 25.6. The number of aryl methyl sites for hydroxylation is 1. The van der Waals surface area contributed by atoms with E-state index >= 15 is 0 Å². The van der Waals surface area contributed by atoms with Crippen molar-refractivity contribution in [3.63, 3.8) is 0 Å². The Balaban J connectivity index is 2.08. The zero-order valence-electron chi connectivity index (χ0n) is 16.7. The van der Waals surface area contributed by atoms with Gasteiger partial charge in [-0.2, -0.15) is 0 Å². The van der Waals surface area contributed by atoms with Gasteiger partial charge in [0.05, 0.1) is 13.2 Å². The molecule has 0 aliphatic carbocycles.